The fraction of sp³-hybridized carbons (Fsp3) is 0.375. The summed E-state index contributed by atoms with van der Waals surface area (Å²) in [4.78, 5) is 14.3. The molecule has 0 saturated carbocycles. The zero-order valence-corrected chi connectivity index (χ0v) is 13.2. The quantitative estimate of drug-likeness (QED) is 0.792. The summed E-state index contributed by atoms with van der Waals surface area (Å²) in [5.74, 6) is 0.494. The number of hydrogen-bond donors (Lipinski definition) is 3. The first-order valence-electron chi connectivity index (χ1n) is 7.50. The van der Waals surface area contributed by atoms with Crippen LogP contribution in [0.5, 0.6) is 11.5 Å². The van der Waals surface area contributed by atoms with Gasteiger partial charge in [-0.25, -0.2) is 0 Å². The van der Waals surface area contributed by atoms with Crippen molar-refractivity contribution in [2.75, 3.05) is 26.7 Å². The van der Waals surface area contributed by atoms with Gasteiger partial charge in [-0.2, -0.15) is 5.10 Å². The standard InChI is InChI=1S/C16H20N4O3/c1-10-15(21)14(19-18-10)16(22)20-8-7-17-13(9-20)11-3-5-12(23-2)6-4-11/h3-6,13,17,21H,7-9H2,1-2H3,(H,18,19). The number of methoxy groups -OCH3 is 1. The maximum Gasteiger partial charge on any atom is 0.275 e. The maximum atomic E-state index is 12.6. The van der Waals surface area contributed by atoms with Crippen LogP contribution in [-0.4, -0.2) is 52.9 Å². The monoisotopic (exact) mass is 316 g/mol. The summed E-state index contributed by atoms with van der Waals surface area (Å²) in [6, 6.07) is 7.83. The molecule has 1 saturated heterocycles. The van der Waals surface area contributed by atoms with Crippen LogP contribution in [0.15, 0.2) is 24.3 Å². The number of ether oxygens (including phenoxy) is 1. The average Bonchev–Trinajstić information content (AvgIpc) is 2.93. The van der Waals surface area contributed by atoms with Crippen molar-refractivity contribution in [3.8, 4) is 11.5 Å². The molecule has 0 aliphatic carbocycles. The van der Waals surface area contributed by atoms with Crippen LogP contribution in [0.3, 0.4) is 0 Å². The molecule has 122 valence electrons. The highest BCUT2D eigenvalue weighted by atomic mass is 16.5. The molecule has 7 heteroatoms. The number of aromatic amines is 1. The lowest BCUT2D eigenvalue weighted by molar-refractivity contribution is 0.0694. The molecule has 1 amide bonds. The molecule has 1 aromatic heterocycles. The largest absolute Gasteiger partial charge is 0.504 e. The summed E-state index contributed by atoms with van der Waals surface area (Å²) in [7, 11) is 1.63. The van der Waals surface area contributed by atoms with E-state index in [2.05, 4.69) is 15.5 Å². The van der Waals surface area contributed by atoms with Crippen LogP contribution in [0.25, 0.3) is 0 Å². The van der Waals surface area contributed by atoms with Crippen molar-refractivity contribution in [1.82, 2.24) is 20.4 Å². The summed E-state index contributed by atoms with van der Waals surface area (Å²) in [5.41, 5.74) is 1.67. The molecule has 1 unspecified atom stereocenters. The van der Waals surface area contributed by atoms with Gasteiger partial charge >= 0.3 is 0 Å². The Morgan fingerprint density at radius 1 is 1.39 bits per heavy atom. The second-order valence-corrected chi connectivity index (χ2v) is 5.56. The number of nitrogens with one attached hydrogen (secondary N) is 2. The molecule has 1 aliphatic rings. The Morgan fingerprint density at radius 3 is 2.74 bits per heavy atom. The van der Waals surface area contributed by atoms with Gasteiger partial charge in [-0.15, -0.1) is 0 Å². The number of benzene rings is 1. The van der Waals surface area contributed by atoms with Crippen molar-refractivity contribution in [2.45, 2.75) is 13.0 Å². The lowest BCUT2D eigenvalue weighted by atomic mass is 10.0. The van der Waals surface area contributed by atoms with Crippen molar-refractivity contribution < 1.29 is 14.6 Å². The average molecular weight is 316 g/mol. The fourth-order valence-corrected chi connectivity index (χ4v) is 2.73. The molecule has 3 rings (SSSR count). The van der Waals surface area contributed by atoms with E-state index in [9.17, 15) is 9.90 Å². The molecule has 7 nitrogen and oxygen atoms in total. The zero-order chi connectivity index (χ0) is 16.4. The van der Waals surface area contributed by atoms with E-state index in [0.29, 0.717) is 25.3 Å². The molecule has 1 fully saturated rings. The fourth-order valence-electron chi connectivity index (χ4n) is 2.73. The number of rotatable bonds is 3. The molecule has 2 aromatic rings. The third kappa shape index (κ3) is 3.00. The Morgan fingerprint density at radius 2 is 2.13 bits per heavy atom. The van der Waals surface area contributed by atoms with E-state index in [1.165, 1.54) is 0 Å². The number of aromatic hydroxyl groups is 1. The normalized spacial score (nSPS) is 18.0. The second kappa shape index (κ2) is 6.29. The summed E-state index contributed by atoms with van der Waals surface area (Å²) >= 11 is 0. The van der Waals surface area contributed by atoms with E-state index < -0.39 is 0 Å². The Kier molecular flexibility index (Phi) is 4.20. The summed E-state index contributed by atoms with van der Waals surface area (Å²) < 4.78 is 5.17. The highest BCUT2D eigenvalue weighted by Gasteiger charge is 2.28. The maximum absolute atomic E-state index is 12.6. The highest BCUT2D eigenvalue weighted by Crippen LogP contribution is 2.24. The first-order valence-corrected chi connectivity index (χ1v) is 7.50. The van der Waals surface area contributed by atoms with Crippen molar-refractivity contribution in [3.63, 3.8) is 0 Å². The van der Waals surface area contributed by atoms with Gasteiger partial charge in [-0.1, -0.05) is 12.1 Å². The predicted octanol–water partition coefficient (Wildman–Crippen LogP) is 1.22. The number of aromatic nitrogens is 2. The van der Waals surface area contributed by atoms with E-state index in [4.69, 9.17) is 4.74 Å². The van der Waals surface area contributed by atoms with Crippen molar-refractivity contribution in [1.29, 1.82) is 0 Å². The molecule has 1 aromatic carbocycles. The van der Waals surface area contributed by atoms with Gasteiger partial charge in [-0.05, 0) is 24.6 Å². The first kappa shape index (κ1) is 15.4. The third-order valence-electron chi connectivity index (χ3n) is 4.11. The van der Waals surface area contributed by atoms with Gasteiger partial charge in [0.05, 0.1) is 7.11 Å². The van der Waals surface area contributed by atoms with Gasteiger partial charge < -0.3 is 20.1 Å². The Bertz CT molecular complexity index is 696. The van der Waals surface area contributed by atoms with Crippen molar-refractivity contribution in [2.24, 2.45) is 0 Å². The molecule has 1 atom stereocenters. The molecular formula is C16H20N4O3. The molecule has 0 spiro atoms. The van der Waals surface area contributed by atoms with Gasteiger partial charge in [0.25, 0.3) is 5.91 Å². The number of aryl methyl sites for hydroxylation is 1. The molecule has 0 radical (unpaired) electrons. The van der Waals surface area contributed by atoms with Crippen LogP contribution >= 0.6 is 0 Å². The van der Waals surface area contributed by atoms with Gasteiger partial charge in [0, 0.05) is 25.7 Å². The minimum atomic E-state index is -0.233. The van der Waals surface area contributed by atoms with Crippen LogP contribution in [-0.2, 0) is 0 Å². The smallest absolute Gasteiger partial charge is 0.275 e. The number of carbonyl (C=O) groups excluding carboxylic acids is 1. The predicted molar refractivity (Wildman–Crippen MR) is 84.6 cm³/mol. The van der Waals surface area contributed by atoms with Crippen molar-refractivity contribution in [3.05, 3.63) is 41.2 Å². The van der Waals surface area contributed by atoms with Crippen LogP contribution in [0.2, 0.25) is 0 Å². The Balaban J connectivity index is 1.75. The molecular weight excluding hydrogens is 296 g/mol. The van der Waals surface area contributed by atoms with E-state index in [0.717, 1.165) is 11.3 Å². The topological polar surface area (TPSA) is 90.5 Å². The molecule has 3 N–H and O–H groups in total. The number of piperazine rings is 1. The van der Waals surface area contributed by atoms with E-state index in [1.54, 1.807) is 18.9 Å². The zero-order valence-electron chi connectivity index (χ0n) is 13.2. The van der Waals surface area contributed by atoms with Gasteiger partial charge in [0.15, 0.2) is 11.4 Å². The van der Waals surface area contributed by atoms with Crippen LogP contribution < -0.4 is 10.1 Å². The number of hydrogen-bond acceptors (Lipinski definition) is 5. The Hall–Kier alpha value is -2.54. The number of carbonyl (C=O) groups is 1. The third-order valence-corrected chi connectivity index (χ3v) is 4.11. The minimum absolute atomic E-state index is 0.0461. The van der Waals surface area contributed by atoms with Crippen molar-refractivity contribution >= 4 is 5.91 Å². The molecule has 1 aliphatic heterocycles. The molecule has 23 heavy (non-hydrogen) atoms. The number of amides is 1. The summed E-state index contributed by atoms with van der Waals surface area (Å²) in [5, 5.41) is 19.8. The first-order chi connectivity index (χ1) is 11.1. The van der Waals surface area contributed by atoms with E-state index in [-0.39, 0.29) is 23.4 Å². The molecule has 0 bridgehead atoms. The van der Waals surface area contributed by atoms with Crippen LogP contribution in [0.1, 0.15) is 27.8 Å². The summed E-state index contributed by atoms with van der Waals surface area (Å²) in [6.07, 6.45) is 0. The van der Waals surface area contributed by atoms with Crippen LogP contribution in [0, 0.1) is 6.92 Å². The Labute approximate surface area is 134 Å². The molecule has 2 heterocycles. The SMILES string of the molecule is COc1ccc(C2CN(C(=O)c3[nH]nc(C)c3O)CCN2)cc1. The van der Waals surface area contributed by atoms with Gasteiger partial charge in [0.2, 0.25) is 0 Å². The van der Waals surface area contributed by atoms with E-state index >= 15 is 0 Å². The number of nitrogens with zero attached hydrogens (tertiary/aromatic N) is 2. The summed E-state index contributed by atoms with van der Waals surface area (Å²) in [6.45, 7) is 3.46. The minimum Gasteiger partial charge on any atom is -0.504 e. The van der Waals surface area contributed by atoms with E-state index in [1.807, 2.05) is 24.3 Å². The lowest BCUT2D eigenvalue weighted by Crippen LogP contribution is -2.48. The highest BCUT2D eigenvalue weighted by molar-refractivity contribution is 5.95. The van der Waals surface area contributed by atoms with Gasteiger partial charge in [0.1, 0.15) is 11.4 Å². The number of H-pyrrole nitrogens is 1. The van der Waals surface area contributed by atoms with Gasteiger partial charge in [-0.3, -0.25) is 9.89 Å². The second-order valence-electron chi connectivity index (χ2n) is 5.56. The lowest BCUT2D eigenvalue weighted by Gasteiger charge is -2.33. The van der Waals surface area contributed by atoms with Crippen LogP contribution in [0.4, 0.5) is 0 Å².